The Balaban J connectivity index is 2.25. The Hall–Kier alpha value is -1.75. The van der Waals surface area contributed by atoms with Gasteiger partial charge in [0.15, 0.2) is 5.58 Å². The van der Waals surface area contributed by atoms with E-state index in [1.54, 1.807) is 19.2 Å². The second kappa shape index (κ2) is 4.25. The summed E-state index contributed by atoms with van der Waals surface area (Å²) >= 11 is 0. The third-order valence-corrected chi connectivity index (χ3v) is 2.36. The molecule has 5 nitrogen and oxygen atoms in total. The fourth-order valence-electron chi connectivity index (χ4n) is 1.68. The van der Waals surface area contributed by atoms with E-state index in [0.717, 1.165) is 11.1 Å². The zero-order chi connectivity index (χ0) is 12.5. The summed E-state index contributed by atoms with van der Waals surface area (Å²) in [5.74, 6) is 0. The summed E-state index contributed by atoms with van der Waals surface area (Å²) < 4.78 is 10.7. The number of fused-ring (bicyclic) bond motifs is 1. The van der Waals surface area contributed by atoms with Crippen LogP contribution in [0.5, 0.6) is 0 Å². The Labute approximate surface area is 100.0 Å². The van der Waals surface area contributed by atoms with Gasteiger partial charge in [-0.1, -0.05) is 0 Å². The normalized spacial score (nSPS) is 11.9. The van der Waals surface area contributed by atoms with Crippen LogP contribution >= 0.6 is 0 Å². The van der Waals surface area contributed by atoms with Crippen molar-refractivity contribution in [1.82, 2.24) is 4.98 Å². The average Bonchev–Trinajstić information content (AvgIpc) is 2.57. The van der Waals surface area contributed by atoms with E-state index in [1.165, 1.54) is 0 Å². The number of aromatic nitrogens is 1. The number of anilines is 2. The Kier molecular flexibility index (Phi) is 2.93. The van der Waals surface area contributed by atoms with Gasteiger partial charge in [0.1, 0.15) is 5.52 Å². The number of nitrogen functional groups attached to an aromatic ring is 1. The van der Waals surface area contributed by atoms with Gasteiger partial charge in [-0.05, 0) is 32.0 Å². The number of ether oxygens (including phenoxy) is 1. The molecule has 0 radical (unpaired) electrons. The quantitative estimate of drug-likeness (QED) is 0.795. The van der Waals surface area contributed by atoms with Gasteiger partial charge in [0.2, 0.25) is 0 Å². The van der Waals surface area contributed by atoms with Gasteiger partial charge in [0.05, 0.1) is 12.1 Å². The summed E-state index contributed by atoms with van der Waals surface area (Å²) in [5.41, 5.74) is 7.59. The topological polar surface area (TPSA) is 73.3 Å². The summed E-state index contributed by atoms with van der Waals surface area (Å²) in [5, 5.41) is 3.18. The minimum Gasteiger partial charge on any atom is -0.424 e. The SMILES string of the molecule is COCC(C)(C)Nc1nc2cc(N)ccc2o1. The first-order chi connectivity index (χ1) is 8.00. The molecule has 0 aliphatic rings. The molecule has 0 aliphatic heterocycles. The second-order valence-corrected chi connectivity index (χ2v) is 4.69. The zero-order valence-electron chi connectivity index (χ0n) is 10.3. The predicted octanol–water partition coefficient (Wildman–Crippen LogP) is 2.25. The molecule has 1 aromatic carbocycles. The molecule has 3 N–H and O–H groups in total. The standard InChI is InChI=1S/C12H17N3O2/c1-12(2,7-16-3)15-11-14-9-6-8(13)4-5-10(9)17-11/h4-6H,7,13H2,1-3H3,(H,14,15). The first-order valence-corrected chi connectivity index (χ1v) is 5.43. The Bertz CT molecular complexity index is 519. The van der Waals surface area contributed by atoms with Crippen molar-refractivity contribution in [2.45, 2.75) is 19.4 Å². The first-order valence-electron chi connectivity index (χ1n) is 5.43. The summed E-state index contributed by atoms with van der Waals surface area (Å²) in [4.78, 5) is 4.33. The number of methoxy groups -OCH3 is 1. The van der Waals surface area contributed by atoms with Gasteiger partial charge in [-0.2, -0.15) is 4.98 Å². The molecule has 92 valence electrons. The molecule has 0 atom stereocenters. The van der Waals surface area contributed by atoms with Gasteiger partial charge >= 0.3 is 0 Å². The van der Waals surface area contributed by atoms with Crippen molar-refractivity contribution < 1.29 is 9.15 Å². The Morgan fingerprint density at radius 1 is 1.47 bits per heavy atom. The summed E-state index contributed by atoms with van der Waals surface area (Å²) in [6, 6.07) is 5.87. The molecule has 0 saturated heterocycles. The van der Waals surface area contributed by atoms with Gasteiger partial charge in [-0.15, -0.1) is 0 Å². The van der Waals surface area contributed by atoms with E-state index in [-0.39, 0.29) is 5.54 Å². The molecular weight excluding hydrogens is 218 g/mol. The molecule has 1 heterocycles. The molecule has 2 aromatic rings. The maximum Gasteiger partial charge on any atom is 0.296 e. The molecule has 17 heavy (non-hydrogen) atoms. The van der Waals surface area contributed by atoms with Gasteiger partial charge in [-0.3, -0.25) is 0 Å². The predicted molar refractivity (Wildman–Crippen MR) is 68.0 cm³/mol. The van der Waals surface area contributed by atoms with Crippen LogP contribution in [0.1, 0.15) is 13.8 Å². The summed E-state index contributed by atoms with van der Waals surface area (Å²) in [6.07, 6.45) is 0. The highest BCUT2D eigenvalue weighted by Gasteiger charge is 2.20. The van der Waals surface area contributed by atoms with Gasteiger partial charge in [0, 0.05) is 12.8 Å². The summed E-state index contributed by atoms with van der Waals surface area (Å²) in [7, 11) is 1.66. The molecule has 0 amide bonds. The molecule has 1 aromatic heterocycles. The van der Waals surface area contributed by atoms with E-state index in [2.05, 4.69) is 10.3 Å². The van der Waals surface area contributed by atoms with Crippen molar-refractivity contribution in [3.8, 4) is 0 Å². The van der Waals surface area contributed by atoms with Gasteiger partial charge in [0.25, 0.3) is 6.01 Å². The molecule has 0 unspecified atom stereocenters. The van der Waals surface area contributed by atoms with Crippen molar-refractivity contribution >= 4 is 22.8 Å². The second-order valence-electron chi connectivity index (χ2n) is 4.69. The lowest BCUT2D eigenvalue weighted by Gasteiger charge is -2.23. The Morgan fingerprint density at radius 2 is 2.24 bits per heavy atom. The molecule has 0 saturated carbocycles. The van der Waals surface area contributed by atoms with E-state index in [0.29, 0.717) is 18.3 Å². The van der Waals surface area contributed by atoms with Crippen molar-refractivity contribution in [2.75, 3.05) is 24.8 Å². The number of nitrogens with two attached hydrogens (primary N) is 1. The third kappa shape index (κ3) is 2.68. The van der Waals surface area contributed by atoms with E-state index >= 15 is 0 Å². The zero-order valence-corrected chi connectivity index (χ0v) is 10.3. The highest BCUT2D eigenvalue weighted by Crippen LogP contribution is 2.23. The average molecular weight is 235 g/mol. The third-order valence-electron chi connectivity index (χ3n) is 2.36. The molecule has 0 bridgehead atoms. The van der Waals surface area contributed by atoms with Crippen LogP contribution in [0.25, 0.3) is 11.1 Å². The van der Waals surface area contributed by atoms with Crippen molar-refractivity contribution in [2.24, 2.45) is 0 Å². The number of rotatable bonds is 4. The lowest BCUT2D eigenvalue weighted by atomic mass is 10.1. The van der Waals surface area contributed by atoms with Crippen molar-refractivity contribution in [3.63, 3.8) is 0 Å². The van der Waals surface area contributed by atoms with Crippen LogP contribution in [-0.2, 0) is 4.74 Å². The van der Waals surface area contributed by atoms with Crippen LogP contribution in [0.2, 0.25) is 0 Å². The minimum atomic E-state index is -0.235. The van der Waals surface area contributed by atoms with E-state index in [1.807, 2.05) is 19.9 Å². The largest absolute Gasteiger partial charge is 0.424 e. The number of nitrogens with zero attached hydrogens (tertiary/aromatic N) is 1. The smallest absolute Gasteiger partial charge is 0.296 e. The van der Waals surface area contributed by atoms with Crippen molar-refractivity contribution in [3.05, 3.63) is 18.2 Å². The maximum atomic E-state index is 5.69. The van der Waals surface area contributed by atoms with Crippen LogP contribution in [0.4, 0.5) is 11.7 Å². The molecule has 5 heteroatoms. The number of benzene rings is 1. The van der Waals surface area contributed by atoms with Crippen LogP contribution in [0.15, 0.2) is 22.6 Å². The molecular formula is C12H17N3O2. The lowest BCUT2D eigenvalue weighted by Crippen LogP contribution is -2.35. The number of oxazole rings is 1. The number of nitrogens with one attached hydrogen (secondary N) is 1. The monoisotopic (exact) mass is 235 g/mol. The first kappa shape index (κ1) is 11.7. The number of hydrogen-bond donors (Lipinski definition) is 2. The molecule has 0 fully saturated rings. The summed E-state index contributed by atoms with van der Waals surface area (Å²) in [6.45, 7) is 4.59. The van der Waals surface area contributed by atoms with Crippen LogP contribution in [-0.4, -0.2) is 24.2 Å². The lowest BCUT2D eigenvalue weighted by molar-refractivity contribution is 0.157. The van der Waals surface area contributed by atoms with E-state index < -0.39 is 0 Å². The molecule has 0 aliphatic carbocycles. The number of hydrogen-bond acceptors (Lipinski definition) is 5. The highest BCUT2D eigenvalue weighted by atomic mass is 16.5. The fraction of sp³-hybridized carbons (Fsp3) is 0.417. The van der Waals surface area contributed by atoms with Gasteiger partial charge < -0.3 is 20.2 Å². The van der Waals surface area contributed by atoms with E-state index in [4.69, 9.17) is 14.9 Å². The van der Waals surface area contributed by atoms with Crippen LogP contribution in [0.3, 0.4) is 0 Å². The molecule has 0 spiro atoms. The maximum absolute atomic E-state index is 5.69. The Morgan fingerprint density at radius 3 is 2.94 bits per heavy atom. The van der Waals surface area contributed by atoms with Crippen molar-refractivity contribution in [1.29, 1.82) is 0 Å². The van der Waals surface area contributed by atoms with E-state index in [9.17, 15) is 0 Å². The highest BCUT2D eigenvalue weighted by molar-refractivity contribution is 5.78. The minimum absolute atomic E-state index is 0.235. The van der Waals surface area contributed by atoms with Crippen LogP contribution < -0.4 is 11.1 Å². The van der Waals surface area contributed by atoms with Crippen LogP contribution in [0, 0.1) is 0 Å². The van der Waals surface area contributed by atoms with Gasteiger partial charge in [-0.25, -0.2) is 0 Å². The molecule has 2 rings (SSSR count). The fourth-order valence-corrected chi connectivity index (χ4v) is 1.68.